The molecule has 1 saturated heterocycles. The number of hydrogen-bond acceptors (Lipinski definition) is 5. The molecule has 2 aromatic rings. The molecule has 27 heavy (non-hydrogen) atoms. The molecule has 1 fully saturated rings. The van der Waals surface area contributed by atoms with Gasteiger partial charge in [-0.2, -0.15) is 13.2 Å². The van der Waals surface area contributed by atoms with Gasteiger partial charge in [0, 0.05) is 0 Å². The highest BCUT2D eigenvalue weighted by molar-refractivity contribution is 8.18. The summed E-state index contributed by atoms with van der Waals surface area (Å²) < 4.78 is 38.7. The molecule has 0 spiro atoms. The number of rotatable bonds is 2. The van der Waals surface area contributed by atoms with Gasteiger partial charge in [-0.15, -0.1) is 0 Å². The number of phenols is 2. The van der Waals surface area contributed by atoms with Crippen LogP contribution in [-0.4, -0.2) is 21.3 Å². The van der Waals surface area contributed by atoms with Crippen LogP contribution >= 0.6 is 23.4 Å². The van der Waals surface area contributed by atoms with Gasteiger partial charge in [-0.1, -0.05) is 17.7 Å². The minimum atomic E-state index is -4.62. The van der Waals surface area contributed by atoms with Crippen molar-refractivity contribution >= 4 is 46.2 Å². The third-order valence-corrected chi connectivity index (χ3v) is 4.67. The lowest BCUT2D eigenvalue weighted by atomic mass is 10.2. The number of nitrogens with zero attached hydrogens (tertiary/aromatic N) is 1. The van der Waals surface area contributed by atoms with Gasteiger partial charge in [-0.25, -0.2) is 4.99 Å². The van der Waals surface area contributed by atoms with Gasteiger partial charge in [0.25, 0.3) is 5.91 Å². The summed E-state index contributed by atoms with van der Waals surface area (Å²) in [7, 11) is 0. The molecule has 2 aromatic carbocycles. The van der Waals surface area contributed by atoms with Crippen molar-refractivity contribution in [1.82, 2.24) is 5.32 Å². The van der Waals surface area contributed by atoms with E-state index in [2.05, 4.69) is 10.3 Å². The largest absolute Gasteiger partial charge is 0.504 e. The Bertz CT molecular complexity index is 990. The summed E-state index contributed by atoms with van der Waals surface area (Å²) in [4.78, 5) is 16.2. The lowest BCUT2D eigenvalue weighted by molar-refractivity contribution is -0.137. The number of nitrogens with one attached hydrogen (secondary N) is 1. The second kappa shape index (κ2) is 7.16. The van der Waals surface area contributed by atoms with E-state index >= 15 is 0 Å². The zero-order valence-corrected chi connectivity index (χ0v) is 14.8. The Morgan fingerprint density at radius 2 is 1.85 bits per heavy atom. The molecule has 1 aliphatic heterocycles. The summed E-state index contributed by atoms with van der Waals surface area (Å²) in [5, 5.41) is 20.9. The van der Waals surface area contributed by atoms with E-state index in [1.807, 2.05) is 0 Å². The van der Waals surface area contributed by atoms with Gasteiger partial charge in [0.15, 0.2) is 16.7 Å². The van der Waals surface area contributed by atoms with E-state index in [1.54, 1.807) is 0 Å². The molecule has 0 aliphatic carbocycles. The summed E-state index contributed by atoms with van der Waals surface area (Å²) in [5.41, 5.74) is -0.580. The number of alkyl halides is 3. The van der Waals surface area contributed by atoms with Crippen molar-refractivity contribution in [3.05, 3.63) is 57.5 Å². The van der Waals surface area contributed by atoms with Crippen LogP contribution in [0.25, 0.3) is 6.08 Å². The van der Waals surface area contributed by atoms with E-state index in [0.29, 0.717) is 5.56 Å². The zero-order valence-electron chi connectivity index (χ0n) is 13.2. The molecule has 140 valence electrons. The quantitative estimate of drug-likeness (QED) is 0.493. The van der Waals surface area contributed by atoms with Crippen LogP contribution in [0.2, 0.25) is 5.02 Å². The summed E-state index contributed by atoms with van der Waals surface area (Å²) in [6.07, 6.45) is -3.17. The first kappa shape index (κ1) is 19.1. The molecule has 1 heterocycles. The number of aliphatic imine (C=N–C) groups is 1. The van der Waals surface area contributed by atoms with E-state index in [0.717, 1.165) is 23.9 Å². The fourth-order valence-electron chi connectivity index (χ4n) is 2.18. The minimum absolute atomic E-state index is 0.0157. The Kier molecular flexibility index (Phi) is 5.07. The van der Waals surface area contributed by atoms with Crippen LogP contribution in [0.1, 0.15) is 11.1 Å². The first-order chi connectivity index (χ1) is 12.6. The fourth-order valence-corrected chi connectivity index (χ4v) is 3.25. The molecule has 3 rings (SSSR count). The van der Waals surface area contributed by atoms with Crippen molar-refractivity contribution in [2.24, 2.45) is 4.99 Å². The molecular formula is C17H10ClF3N2O3S. The van der Waals surface area contributed by atoms with Crippen LogP contribution < -0.4 is 5.32 Å². The number of amides is 1. The highest BCUT2D eigenvalue weighted by Gasteiger charge is 2.33. The third-order valence-electron chi connectivity index (χ3n) is 3.43. The zero-order chi connectivity index (χ0) is 19.8. The van der Waals surface area contributed by atoms with Gasteiger partial charge < -0.3 is 15.5 Å². The summed E-state index contributed by atoms with van der Waals surface area (Å²) >= 11 is 6.50. The van der Waals surface area contributed by atoms with Crippen LogP contribution in [0.15, 0.2) is 46.3 Å². The first-order valence-electron chi connectivity index (χ1n) is 7.32. The van der Waals surface area contributed by atoms with E-state index in [4.69, 9.17) is 11.6 Å². The number of halogens is 4. The number of hydrogen-bond donors (Lipinski definition) is 3. The molecule has 10 heteroatoms. The summed E-state index contributed by atoms with van der Waals surface area (Å²) in [6, 6.07) is 7.19. The number of phenolic OH excluding ortho intramolecular Hbond substituents is 2. The molecule has 0 unspecified atom stereocenters. The number of carbonyl (C=O) groups excluding carboxylic acids is 1. The SMILES string of the molecule is O=C1NC(=Nc2ccc(Cl)c(C(F)(F)F)c2)S/C1=C\c1ccc(O)c(O)c1. The Hall–Kier alpha value is -2.65. The van der Waals surface area contributed by atoms with Gasteiger partial charge in [-0.05, 0) is 53.7 Å². The number of aromatic hydroxyl groups is 2. The predicted octanol–water partition coefficient (Wildman–Crippen LogP) is 4.66. The Balaban J connectivity index is 1.87. The van der Waals surface area contributed by atoms with Crippen molar-refractivity contribution < 1.29 is 28.2 Å². The number of thioether (sulfide) groups is 1. The maximum atomic E-state index is 12.9. The maximum Gasteiger partial charge on any atom is 0.417 e. The topological polar surface area (TPSA) is 81.9 Å². The van der Waals surface area contributed by atoms with Crippen molar-refractivity contribution in [3.8, 4) is 11.5 Å². The normalized spacial score (nSPS) is 17.6. The molecule has 0 bridgehead atoms. The van der Waals surface area contributed by atoms with Gasteiger partial charge in [-0.3, -0.25) is 4.79 Å². The van der Waals surface area contributed by atoms with Crippen molar-refractivity contribution in [2.75, 3.05) is 0 Å². The van der Waals surface area contributed by atoms with Crippen molar-refractivity contribution in [3.63, 3.8) is 0 Å². The van der Waals surface area contributed by atoms with Gasteiger partial charge in [0.2, 0.25) is 0 Å². The van der Waals surface area contributed by atoms with Crippen molar-refractivity contribution in [2.45, 2.75) is 6.18 Å². The highest BCUT2D eigenvalue weighted by Crippen LogP contribution is 2.37. The Morgan fingerprint density at radius 3 is 2.52 bits per heavy atom. The smallest absolute Gasteiger partial charge is 0.417 e. The molecule has 1 aliphatic rings. The molecule has 3 N–H and O–H groups in total. The van der Waals surface area contributed by atoms with E-state index < -0.39 is 22.7 Å². The van der Waals surface area contributed by atoms with E-state index in [9.17, 15) is 28.2 Å². The van der Waals surface area contributed by atoms with Gasteiger partial charge >= 0.3 is 6.18 Å². The highest BCUT2D eigenvalue weighted by atomic mass is 35.5. The van der Waals surface area contributed by atoms with Crippen LogP contribution in [0.3, 0.4) is 0 Å². The Labute approximate surface area is 160 Å². The number of benzene rings is 2. The van der Waals surface area contributed by atoms with Crippen LogP contribution in [-0.2, 0) is 11.0 Å². The van der Waals surface area contributed by atoms with Crippen molar-refractivity contribution in [1.29, 1.82) is 0 Å². The molecule has 0 radical (unpaired) electrons. The average Bonchev–Trinajstić information content (AvgIpc) is 2.91. The standard InChI is InChI=1S/C17H10ClF3N2O3S/c18-11-3-2-9(7-10(11)17(19,20)21)22-16-23-15(26)14(27-16)6-8-1-4-12(24)13(25)5-8/h1-7,24-25H,(H,22,23,26)/b14-6-. The second-order valence-electron chi connectivity index (χ2n) is 5.39. The lowest BCUT2D eigenvalue weighted by Crippen LogP contribution is -2.19. The molecular weight excluding hydrogens is 405 g/mol. The average molecular weight is 415 g/mol. The monoisotopic (exact) mass is 414 g/mol. The second-order valence-corrected chi connectivity index (χ2v) is 6.83. The van der Waals surface area contributed by atoms with Crippen LogP contribution in [0, 0.1) is 0 Å². The predicted molar refractivity (Wildman–Crippen MR) is 97.0 cm³/mol. The molecule has 0 saturated carbocycles. The number of amidine groups is 1. The minimum Gasteiger partial charge on any atom is -0.504 e. The fraction of sp³-hybridized carbons (Fsp3) is 0.0588. The molecule has 0 atom stereocenters. The number of carbonyl (C=O) groups is 1. The van der Waals surface area contributed by atoms with Crippen LogP contribution in [0.4, 0.5) is 18.9 Å². The first-order valence-corrected chi connectivity index (χ1v) is 8.51. The molecule has 1 amide bonds. The van der Waals surface area contributed by atoms with Crippen LogP contribution in [0.5, 0.6) is 11.5 Å². The van der Waals surface area contributed by atoms with E-state index in [1.165, 1.54) is 30.3 Å². The van der Waals surface area contributed by atoms with Gasteiger partial charge in [0.1, 0.15) is 0 Å². The lowest BCUT2D eigenvalue weighted by Gasteiger charge is -2.09. The maximum absolute atomic E-state index is 12.9. The van der Waals surface area contributed by atoms with E-state index in [-0.39, 0.29) is 27.3 Å². The summed E-state index contributed by atoms with van der Waals surface area (Å²) in [6.45, 7) is 0. The molecule has 5 nitrogen and oxygen atoms in total. The van der Waals surface area contributed by atoms with Gasteiger partial charge in [0.05, 0.1) is 21.2 Å². The third kappa shape index (κ3) is 4.37. The Morgan fingerprint density at radius 1 is 1.11 bits per heavy atom. The summed E-state index contributed by atoms with van der Waals surface area (Å²) in [5.74, 6) is -1.13. The molecule has 0 aromatic heterocycles.